The molecule has 0 unspecified atom stereocenters. The fraction of sp³-hybridized carbons (Fsp3) is 0.429. The van der Waals surface area contributed by atoms with E-state index in [1.807, 2.05) is 18.3 Å². The van der Waals surface area contributed by atoms with Crippen molar-refractivity contribution < 1.29 is 8.78 Å². The highest BCUT2D eigenvalue weighted by Gasteiger charge is 2.33. The number of hydrogen-bond acceptors (Lipinski definition) is 7. The maximum atomic E-state index is 15.1. The van der Waals surface area contributed by atoms with E-state index in [0.29, 0.717) is 28.5 Å². The summed E-state index contributed by atoms with van der Waals surface area (Å²) in [7, 11) is 0. The Balaban J connectivity index is 1.24. The third-order valence-corrected chi connectivity index (χ3v) is 7.76. The number of hydrogen-bond donors (Lipinski definition) is 1. The van der Waals surface area contributed by atoms with Crippen LogP contribution in [0.4, 0.5) is 26.2 Å². The molecule has 1 N–H and O–H groups in total. The van der Waals surface area contributed by atoms with Gasteiger partial charge in [-0.05, 0) is 58.4 Å². The zero-order valence-electron chi connectivity index (χ0n) is 22.2. The van der Waals surface area contributed by atoms with E-state index >= 15 is 4.39 Å². The van der Waals surface area contributed by atoms with E-state index in [4.69, 9.17) is 0 Å². The average Bonchev–Trinajstić information content (AvgIpc) is 3.43. The van der Waals surface area contributed by atoms with Crippen LogP contribution in [0.15, 0.2) is 36.7 Å². The Morgan fingerprint density at radius 3 is 2.45 bits per heavy atom. The summed E-state index contributed by atoms with van der Waals surface area (Å²) in [5.41, 5.74) is 2.18. The normalized spacial score (nSPS) is 17.4. The number of halogens is 2. The number of nitrogens with zero attached hydrogens (tertiary/aromatic N) is 7. The number of fused-ring (bicyclic) bond motifs is 3. The third kappa shape index (κ3) is 4.36. The summed E-state index contributed by atoms with van der Waals surface area (Å²) in [6.07, 6.45) is 4.63. The summed E-state index contributed by atoms with van der Waals surface area (Å²) in [4.78, 5) is 22.3. The molecule has 8 nitrogen and oxygen atoms in total. The van der Waals surface area contributed by atoms with Crippen molar-refractivity contribution in [1.29, 1.82) is 0 Å². The van der Waals surface area contributed by atoms with Gasteiger partial charge in [0.2, 0.25) is 5.95 Å². The number of nitrogens with one attached hydrogen (secondary N) is 1. The van der Waals surface area contributed by atoms with Gasteiger partial charge in [-0.1, -0.05) is 0 Å². The lowest BCUT2D eigenvalue weighted by Gasteiger charge is -2.38. The molecule has 0 saturated carbocycles. The van der Waals surface area contributed by atoms with Crippen LogP contribution < -0.4 is 10.2 Å². The molecule has 1 fully saturated rings. The van der Waals surface area contributed by atoms with Crippen molar-refractivity contribution in [2.45, 2.75) is 52.1 Å². The number of aromatic nitrogens is 5. The minimum Gasteiger partial charge on any atom is -0.368 e. The first-order chi connectivity index (χ1) is 18.2. The number of piperazine rings is 1. The molecule has 0 radical (unpaired) electrons. The minimum atomic E-state index is -0.626. The average molecular weight is 519 g/mol. The quantitative estimate of drug-likeness (QED) is 0.393. The van der Waals surface area contributed by atoms with Gasteiger partial charge in [-0.2, -0.15) is 0 Å². The van der Waals surface area contributed by atoms with Crippen LogP contribution in [0.3, 0.4) is 0 Å². The molecule has 0 atom stereocenters. The monoisotopic (exact) mass is 518 g/mol. The standard InChI is InChI=1S/C28H32F2N8/c1-17(2)36-9-11-37(12-10-36)19-5-6-23(31-15-19)33-27-32-16-21(30)25(35-27)18-13-20(29)26-22(14-18)38-24(34-26)7-8-28(38,3)4/h5-6,13-17H,7-12H2,1-4H3,(H,31,32,33,35). The summed E-state index contributed by atoms with van der Waals surface area (Å²) in [6, 6.07) is 7.48. The second-order valence-electron chi connectivity index (χ2n) is 11.0. The van der Waals surface area contributed by atoms with E-state index in [1.165, 1.54) is 6.07 Å². The van der Waals surface area contributed by atoms with Crippen LogP contribution in [-0.4, -0.2) is 61.6 Å². The van der Waals surface area contributed by atoms with E-state index in [0.717, 1.165) is 56.7 Å². The maximum Gasteiger partial charge on any atom is 0.229 e. The first-order valence-corrected chi connectivity index (χ1v) is 13.2. The summed E-state index contributed by atoms with van der Waals surface area (Å²) in [5.74, 6) is 0.464. The molecular formula is C28H32F2N8. The van der Waals surface area contributed by atoms with Crippen LogP contribution in [0.5, 0.6) is 0 Å². The van der Waals surface area contributed by atoms with Crippen molar-refractivity contribution in [1.82, 2.24) is 29.4 Å². The van der Waals surface area contributed by atoms with Gasteiger partial charge in [0.15, 0.2) is 11.6 Å². The zero-order chi connectivity index (χ0) is 26.6. The van der Waals surface area contributed by atoms with Gasteiger partial charge in [0.1, 0.15) is 22.9 Å². The van der Waals surface area contributed by atoms with Crippen LogP contribution in [0.2, 0.25) is 0 Å². The smallest absolute Gasteiger partial charge is 0.229 e. The Kier molecular flexibility index (Phi) is 6.02. The van der Waals surface area contributed by atoms with Crippen LogP contribution in [-0.2, 0) is 12.0 Å². The fourth-order valence-corrected chi connectivity index (χ4v) is 5.58. The first kappa shape index (κ1) is 24.7. The van der Waals surface area contributed by atoms with E-state index in [-0.39, 0.29) is 17.2 Å². The Labute approximate surface area is 220 Å². The minimum absolute atomic E-state index is 0.0225. The first-order valence-electron chi connectivity index (χ1n) is 13.2. The van der Waals surface area contributed by atoms with Gasteiger partial charge in [0.05, 0.1) is 23.6 Å². The molecule has 38 heavy (non-hydrogen) atoms. The van der Waals surface area contributed by atoms with Gasteiger partial charge in [0.25, 0.3) is 0 Å². The second kappa shape index (κ2) is 9.27. The Morgan fingerprint density at radius 1 is 0.947 bits per heavy atom. The highest BCUT2D eigenvalue weighted by atomic mass is 19.1. The lowest BCUT2D eigenvalue weighted by atomic mass is 10.0. The van der Waals surface area contributed by atoms with Gasteiger partial charge in [-0.3, -0.25) is 4.90 Å². The van der Waals surface area contributed by atoms with Crippen LogP contribution in [0.1, 0.15) is 39.9 Å². The molecule has 1 saturated heterocycles. The van der Waals surface area contributed by atoms with E-state index in [2.05, 4.69) is 67.3 Å². The maximum absolute atomic E-state index is 15.1. The summed E-state index contributed by atoms with van der Waals surface area (Å²) < 4.78 is 32.0. The topological polar surface area (TPSA) is 75.0 Å². The van der Waals surface area contributed by atoms with Crippen LogP contribution in [0, 0.1) is 11.6 Å². The molecule has 2 aliphatic rings. The fourth-order valence-electron chi connectivity index (χ4n) is 5.58. The summed E-state index contributed by atoms with van der Waals surface area (Å²) >= 11 is 0. The molecule has 6 rings (SSSR count). The molecule has 0 bridgehead atoms. The van der Waals surface area contributed by atoms with Gasteiger partial charge in [-0.25, -0.2) is 28.7 Å². The lowest BCUT2D eigenvalue weighted by Crippen LogP contribution is -2.48. The van der Waals surface area contributed by atoms with Crippen molar-refractivity contribution in [3.8, 4) is 11.3 Å². The van der Waals surface area contributed by atoms with Crippen molar-refractivity contribution in [2.24, 2.45) is 0 Å². The van der Waals surface area contributed by atoms with Crippen molar-refractivity contribution in [3.63, 3.8) is 0 Å². The summed E-state index contributed by atoms with van der Waals surface area (Å²) in [6.45, 7) is 12.6. The SMILES string of the molecule is CC(C)N1CCN(c2ccc(Nc3ncc(F)c(-c4cc(F)c5nc6n(c5c4)C(C)(C)CC6)n3)nc2)CC1. The molecule has 10 heteroatoms. The van der Waals surface area contributed by atoms with E-state index in [1.54, 1.807) is 6.07 Å². The highest BCUT2D eigenvalue weighted by molar-refractivity contribution is 5.83. The molecular weight excluding hydrogens is 486 g/mol. The number of aryl methyl sites for hydroxylation is 1. The van der Waals surface area contributed by atoms with Gasteiger partial charge < -0.3 is 14.8 Å². The largest absolute Gasteiger partial charge is 0.368 e. The molecule has 198 valence electrons. The second-order valence-corrected chi connectivity index (χ2v) is 11.0. The number of anilines is 3. The Bertz CT molecular complexity index is 1490. The third-order valence-electron chi connectivity index (χ3n) is 7.76. The molecule has 0 spiro atoms. The number of benzene rings is 1. The zero-order valence-corrected chi connectivity index (χ0v) is 22.2. The lowest BCUT2D eigenvalue weighted by molar-refractivity contribution is 0.209. The number of rotatable bonds is 5. The number of imidazole rings is 1. The Morgan fingerprint density at radius 2 is 1.74 bits per heavy atom. The Hall–Kier alpha value is -3.66. The van der Waals surface area contributed by atoms with Gasteiger partial charge in [0, 0.05) is 49.7 Å². The molecule has 1 aromatic carbocycles. The van der Waals surface area contributed by atoms with Crippen molar-refractivity contribution in [3.05, 3.63) is 54.1 Å². The molecule has 2 aliphatic heterocycles. The van der Waals surface area contributed by atoms with Crippen molar-refractivity contribution in [2.75, 3.05) is 36.4 Å². The highest BCUT2D eigenvalue weighted by Crippen LogP contribution is 2.38. The van der Waals surface area contributed by atoms with Crippen LogP contribution in [0.25, 0.3) is 22.3 Å². The molecule has 0 aliphatic carbocycles. The number of pyridine rings is 1. The molecule has 3 aromatic heterocycles. The predicted octanol–water partition coefficient (Wildman–Crippen LogP) is 5.12. The van der Waals surface area contributed by atoms with E-state index in [9.17, 15) is 4.39 Å². The van der Waals surface area contributed by atoms with Crippen molar-refractivity contribution >= 4 is 28.5 Å². The van der Waals surface area contributed by atoms with Crippen LogP contribution >= 0.6 is 0 Å². The van der Waals surface area contributed by atoms with E-state index < -0.39 is 11.6 Å². The van der Waals surface area contributed by atoms with Gasteiger partial charge in [-0.15, -0.1) is 0 Å². The molecule has 5 heterocycles. The molecule has 0 amide bonds. The van der Waals surface area contributed by atoms with Gasteiger partial charge >= 0.3 is 0 Å². The summed E-state index contributed by atoms with van der Waals surface area (Å²) in [5, 5.41) is 3.06. The predicted molar refractivity (Wildman–Crippen MR) is 145 cm³/mol. The molecule has 4 aromatic rings.